The molecule has 2 atom stereocenters. The number of hydrogen-bond donors (Lipinski definition) is 1. The molecule has 1 aliphatic rings. The van der Waals surface area contributed by atoms with Crippen LogP contribution < -0.4 is 10.2 Å². The van der Waals surface area contributed by atoms with Crippen LogP contribution >= 0.6 is 0 Å². The summed E-state index contributed by atoms with van der Waals surface area (Å²) in [7, 11) is 1.92. The predicted octanol–water partition coefficient (Wildman–Crippen LogP) is 1.68. The second-order valence-corrected chi connectivity index (χ2v) is 5.09. The minimum Gasteiger partial charge on any atom is -0.355 e. The van der Waals surface area contributed by atoms with E-state index in [1.54, 1.807) is 0 Å². The molecule has 0 bridgehead atoms. The SMILES string of the molecule is CNCc1cnc(N2CCC(C)C(C)C2)cn1. The highest BCUT2D eigenvalue weighted by molar-refractivity contribution is 5.36. The van der Waals surface area contributed by atoms with Crippen molar-refractivity contribution in [3.05, 3.63) is 18.1 Å². The lowest BCUT2D eigenvalue weighted by Crippen LogP contribution is -2.38. The molecule has 2 unspecified atom stereocenters. The first kappa shape index (κ1) is 12.3. The van der Waals surface area contributed by atoms with Crippen LogP contribution in [0.5, 0.6) is 0 Å². The lowest BCUT2D eigenvalue weighted by atomic mass is 9.89. The number of aromatic nitrogens is 2. The average molecular weight is 234 g/mol. The lowest BCUT2D eigenvalue weighted by Gasteiger charge is -2.35. The second kappa shape index (κ2) is 5.45. The van der Waals surface area contributed by atoms with Gasteiger partial charge in [0, 0.05) is 19.6 Å². The van der Waals surface area contributed by atoms with Crippen LogP contribution in [0.3, 0.4) is 0 Å². The molecule has 0 aromatic carbocycles. The van der Waals surface area contributed by atoms with Crippen molar-refractivity contribution in [2.24, 2.45) is 11.8 Å². The van der Waals surface area contributed by atoms with Crippen LogP contribution in [0.25, 0.3) is 0 Å². The highest BCUT2D eigenvalue weighted by Crippen LogP contribution is 2.25. The normalized spacial score (nSPS) is 25.0. The molecule has 1 aliphatic heterocycles. The highest BCUT2D eigenvalue weighted by Gasteiger charge is 2.23. The lowest BCUT2D eigenvalue weighted by molar-refractivity contribution is 0.322. The average Bonchev–Trinajstić information content (AvgIpc) is 2.34. The molecule has 0 amide bonds. The van der Waals surface area contributed by atoms with E-state index in [0.29, 0.717) is 0 Å². The number of piperidine rings is 1. The summed E-state index contributed by atoms with van der Waals surface area (Å²) in [5.74, 6) is 2.58. The molecule has 2 rings (SSSR count). The fraction of sp³-hybridized carbons (Fsp3) is 0.692. The Labute approximate surface area is 103 Å². The molecule has 1 fully saturated rings. The first-order valence-corrected chi connectivity index (χ1v) is 6.41. The monoisotopic (exact) mass is 234 g/mol. The van der Waals surface area contributed by atoms with Gasteiger partial charge in [0.05, 0.1) is 18.1 Å². The van der Waals surface area contributed by atoms with Gasteiger partial charge in [0.1, 0.15) is 5.82 Å². The highest BCUT2D eigenvalue weighted by atomic mass is 15.2. The topological polar surface area (TPSA) is 41.1 Å². The van der Waals surface area contributed by atoms with E-state index >= 15 is 0 Å². The third-order valence-corrected chi connectivity index (χ3v) is 3.71. The zero-order valence-electron chi connectivity index (χ0n) is 11.0. The van der Waals surface area contributed by atoms with Crippen LogP contribution in [0.1, 0.15) is 26.0 Å². The zero-order chi connectivity index (χ0) is 12.3. The van der Waals surface area contributed by atoms with E-state index in [2.05, 4.69) is 34.0 Å². The van der Waals surface area contributed by atoms with Crippen molar-refractivity contribution in [3.63, 3.8) is 0 Å². The maximum absolute atomic E-state index is 4.50. The predicted molar refractivity (Wildman–Crippen MR) is 70.0 cm³/mol. The van der Waals surface area contributed by atoms with E-state index in [1.807, 2.05) is 19.4 Å². The Kier molecular flexibility index (Phi) is 3.94. The number of anilines is 1. The van der Waals surface area contributed by atoms with E-state index in [4.69, 9.17) is 0 Å². The Hall–Kier alpha value is -1.16. The summed E-state index contributed by atoms with van der Waals surface area (Å²) < 4.78 is 0. The molecule has 1 aromatic rings. The maximum Gasteiger partial charge on any atom is 0.147 e. The van der Waals surface area contributed by atoms with Crippen LogP contribution in [0.4, 0.5) is 5.82 Å². The molecule has 1 aromatic heterocycles. The molecule has 0 radical (unpaired) electrons. The molecule has 17 heavy (non-hydrogen) atoms. The van der Waals surface area contributed by atoms with Gasteiger partial charge < -0.3 is 10.2 Å². The van der Waals surface area contributed by atoms with Gasteiger partial charge in [-0.25, -0.2) is 4.98 Å². The molecular weight excluding hydrogens is 212 g/mol. The Balaban J connectivity index is 2.02. The van der Waals surface area contributed by atoms with Gasteiger partial charge >= 0.3 is 0 Å². The summed E-state index contributed by atoms with van der Waals surface area (Å²) in [4.78, 5) is 11.3. The first-order valence-electron chi connectivity index (χ1n) is 6.41. The van der Waals surface area contributed by atoms with Crippen LogP contribution in [-0.2, 0) is 6.54 Å². The quantitative estimate of drug-likeness (QED) is 0.864. The third kappa shape index (κ3) is 2.94. The summed E-state index contributed by atoms with van der Waals surface area (Å²) in [6, 6.07) is 0. The standard InChI is InChI=1S/C13H22N4/c1-10-4-5-17(9-11(10)2)13-8-15-12(6-14-3)7-16-13/h7-8,10-11,14H,4-6,9H2,1-3H3. The smallest absolute Gasteiger partial charge is 0.147 e. The van der Waals surface area contributed by atoms with Crippen LogP contribution in [0.15, 0.2) is 12.4 Å². The van der Waals surface area contributed by atoms with Crippen molar-refractivity contribution >= 4 is 5.82 Å². The Morgan fingerprint density at radius 3 is 2.71 bits per heavy atom. The Bertz CT molecular complexity index is 349. The van der Waals surface area contributed by atoms with Crippen LogP contribution in [0.2, 0.25) is 0 Å². The van der Waals surface area contributed by atoms with E-state index in [0.717, 1.165) is 43.0 Å². The molecule has 0 aliphatic carbocycles. The maximum atomic E-state index is 4.50. The van der Waals surface area contributed by atoms with Gasteiger partial charge in [-0.05, 0) is 25.3 Å². The molecule has 4 nitrogen and oxygen atoms in total. The van der Waals surface area contributed by atoms with E-state index in [-0.39, 0.29) is 0 Å². The number of rotatable bonds is 3. The third-order valence-electron chi connectivity index (χ3n) is 3.71. The van der Waals surface area contributed by atoms with Gasteiger partial charge in [-0.3, -0.25) is 4.98 Å². The minimum absolute atomic E-state index is 0.738. The summed E-state index contributed by atoms with van der Waals surface area (Å²) in [5.41, 5.74) is 0.995. The fourth-order valence-electron chi connectivity index (χ4n) is 2.25. The molecule has 0 saturated carbocycles. The largest absolute Gasteiger partial charge is 0.355 e. The van der Waals surface area contributed by atoms with Crippen LogP contribution in [-0.4, -0.2) is 30.1 Å². The summed E-state index contributed by atoms with van der Waals surface area (Å²) in [6.07, 6.45) is 5.02. The van der Waals surface area contributed by atoms with Crippen molar-refractivity contribution in [1.82, 2.24) is 15.3 Å². The Morgan fingerprint density at radius 2 is 2.12 bits per heavy atom. The summed E-state index contributed by atoms with van der Waals surface area (Å²) in [6.45, 7) is 7.64. The van der Waals surface area contributed by atoms with E-state index in [1.165, 1.54) is 6.42 Å². The molecule has 1 N–H and O–H groups in total. The number of hydrogen-bond acceptors (Lipinski definition) is 4. The van der Waals surface area contributed by atoms with Crippen molar-refractivity contribution in [3.8, 4) is 0 Å². The Morgan fingerprint density at radius 1 is 1.29 bits per heavy atom. The van der Waals surface area contributed by atoms with Gasteiger partial charge in [0.15, 0.2) is 0 Å². The zero-order valence-corrected chi connectivity index (χ0v) is 11.0. The second-order valence-electron chi connectivity index (χ2n) is 5.09. The summed E-state index contributed by atoms with van der Waals surface area (Å²) in [5, 5.41) is 3.08. The fourth-order valence-corrected chi connectivity index (χ4v) is 2.25. The molecule has 1 saturated heterocycles. The summed E-state index contributed by atoms with van der Waals surface area (Å²) >= 11 is 0. The molecule has 94 valence electrons. The molecule has 4 heteroatoms. The van der Waals surface area contributed by atoms with Gasteiger partial charge in [-0.1, -0.05) is 13.8 Å². The number of nitrogens with zero attached hydrogens (tertiary/aromatic N) is 3. The first-order chi connectivity index (χ1) is 8.20. The molecular formula is C13H22N4. The molecule has 2 heterocycles. The van der Waals surface area contributed by atoms with Crippen molar-refractivity contribution < 1.29 is 0 Å². The minimum atomic E-state index is 0.738. The van der Waals surface area contributed by atoms with Crippen molar-refractivity contribution in [1.29, 1.82) is 0 Å². The van der Waals surface area contributed by atoms with Gasteiger partial charge in [0.2, 0.25) is 0 Å². The van der Waals surface area contributed by atoms with Gasteiger partial charge in [-0.2, -0.15) is 0 Å². The van der Waals surface area contributed by atoms with E-state index in [9.17, 15) is 0 Å². The van der Waals surface area contributed by atoms with E-state index < -0.39 is 0 Å². The van der Waals surface area contributed by atoms with Crippen LogP contribution in [0, 0.1) is 11.8 Å². The van der Waals surface area contributed by atoms with Gasteiger partial charge in [-0.15, -0.1) is 0 Å². The number of nitrogens with one attached hydrogen (secondary N) is 1. The van der Waals surface area contributed by atoms with Crippen molar-refractivity contribution in [2.75, 3.05) is 25.0 Å². The van der Waals surface area contributed by atoms with Gasteiger partial charge in [0.25, 0.3) is 0 Å². The molecule has 0 spiro atoms. The van der Waals surface area contributed by atoms with Crippen molar-refractivity contribution in [2.45, 2.75) is 26.8 Å².